The SMILES string of the molecule is Cc1cnc(C)c(NCC2(O)CCCCC2)n1. The standard InChI is InChI=1S/C13H21N3O/c1-10-8-14-11(2)12(16-10)15-9-13(17)6-4-3-5-7-13/h8,17H,3-7,9H2,1-2H3,(H,15,16). The molecule has 2 rings (SSSR count). The Morgan fingerprint density at radius 3 is 2.71 bits per heavy atom. The van der Waals surface area contributed by atoms with Crippen molar-refractivity contribution < 1.29 is 5.11 Å². The highest BCUT2D eigenvalue weighted by atomic mass is 16.3. The van der Waals surface area contributed by atoms with Gasteiger partial charge in [-0.25, -0.2) is 4.98 Å². The molecule has 0 atom stereocenters. The first-order chi connectivity index (χ1) is 8.09. The highest BCUT2D eigenvalue weighted by Gasteiger charge is 2.29. The van der Waals surface area contributed by atoms with E-state index in [2.05, 4.69) is 15.3 Å². The van der Waals surface area contributed by atoms with E-state index in [4.69, 9.17) is 0 Å². The molecular weight excluding hydrogens is 214 g/mol. The summed E-state index contributed by atoms with van der Waals surface area (Å²) in [6.45, 7) is 4.43. The molecule has 94 valence electrons. The number of aromatic nitrogens is 2. The number of nitrogens with one attached hydrogen (secondary N) is 1. The third-order valence-electron chi connectivity index (χ3n) is 3.45. The zero-order valence-corrected chi connectivity index (χ0v) is 10.7. The maximum Gasteiger partial charge on any atom is 0.147 e. The Morgan fingerprint density at radius 1 is 1.29 bits per heavy atom. The molecule has 17 heavy (non-hydrogen) atoms. The van der Waals surface area contributed by atoms with Gasteiger partial charge in [0.2, 0.25) is 0 Å². The van der Waals surface area contributed by atoms with E-state index in [0.717, 1.165) is 42.9 Å². The lowest BCUT2D eigenvalue weighted by Crippen LogP contribution is -2.39. The van der Waals surface area contributed by atoms with Gasteiger partial charge in [-0.1, -0.05) is 19.3 Å². The summed E-state index contributed by atoms with van der Waals surface area (Å²) in [6.07, 6.45) is 7.02. The van der Waals surface area contributed by atoms with Gasteiger partial charge >= 0.3 is 0 Å². The van der Waals surface area contributed by atoms with Crippen molar-refractivity contribution in [2.75, 3.05) is 11.9 Å². The molecule has 1 saturated carbocycles. The van der Waals surface area contributed by atoms with Crippen LogP contribution in [0, 0.1) is 13.8 Å². The summed E-state index contributed by atoms with van der Waals surface area (Å²) in [7, 11) is 0. The second kappa shape index (κ2) is 5.00. The normalized spacial score (nSPS) is 19.0. The van der Waals surface area contributed by atoms with Gasteiger partial charge in [0.1, 0.15) is 5.82 Å². The van der Waals surface area contributed by atoms with Crippen LogP contribution >= 0.6 is 0 Å². The molecule has 1 aromatic rings. The summed E-state index contributed by atoms with van der Waals surface area (Å²) in [4.78, 5) is 8.66. The first kappa shape index (κ1) is 12.3. The van der Waals surface area contributed by atoms with Crippen molar-refractivity contribution in [2.45, 2.75) is 51.6 Å². The monoisotopic (exact) mass is 235 g/mol. The van der Waals surface area contributed by atoms with Gasteiger partial charge in [0, 0.05) is 12.7 Å². The first-order valence-electron chi connectivity index (χ1n) is 6.36. The molecule has 1 heterocycles. The molecule has 0 bridgehead atoms. The minimum absolute atomic E-state index is 0.559. The number of aryl methyl sites for hydroxylation is 2. The van der Waals surface area contributed by atoms with Crippen LogP contribution in [-0.2, 0) is 0 Å². The van der Waals surface area contributed by atoms with E-state index in [1.54, 1.807) is 6.20 Å². The van der Waals surface area contributed by atoms with Gasteiger partial charge in [0.15, 0.2) is 0 Å². The molecule has 0 spiro atoms. The maximum atomic E-state index is 10.4. The number of rotatable bonds is 3. The van der Waals surface area contributed by atoms with Crippen molar-refractivity contribution in [1.82, 2.24) is 9.97 Å². The van der Waals surface area contributed by atoms with E-state index in [-0.39, 0.29) is 0 Å². The van der Waals surface area contributed by atoms with Crippen molar-refractivity contribution in [2.24, 2.45) is 0 Å². The number of anilines is 1. The fourth-order valence-corrected chi connectivity index (χ4v) is 2.34. The summed E-state index contributed by atoms with van der Waals surface area (Å²) in [5.41, 5.74) is 1.22. The van der Waals surface area contributed by atoms with Gasteiger partial charge in [-0.05, 0) is 26.7 Å². The number of aliphatic hydroxyl groups is 1. The summed E-state index contributed by atoms with van der Waals surface area (Å²) >= 11 is 0. The van der Waals surface area contributed by atoms with E-state index < -0.39 is 5.60 Å². The summed E-state index contributed by atoms with van der Waals surface area (Å²) in [6, 6.07) is 0. The van der Waals surface area contributed by atoms with E-state index in [0.29, 0.717) is 6.54 Å². The second-order valence-electron chi connectivity index (χ2n) is 5.08. The molecule has 0 unspecified atom stereocenters. The van der Waals surface area contributed by atoms with Crippen molar-refractivity contribution in [3.05, 3.63) is 17.6 Å². The molecule has 0 saturated heterocycles. The van der Waals surface area contributed by atoms with Crippen LogP contribution in [0.2, 0.25) is 0 Å². The number of hydrogen-bond donors (Lipinski definition) is 2. The van der Waals surface area contributed by atoms with Crippen LogP contribution in [0.4, 0.5) is 5.82 Å². The van der Waals surface area contributed by atoms with Gasteiger partial charge in [-0.15, -0.1) is 0 Å². The predicted octanol–water partition coefficient (Wildman–Crippen LogP) is 2.20. The van der Waals surface area contributed by atoms with E-state index in [1.165, 1.54) is 6.42 Å². The van der Waals surface area contributed by atoms with Crippen LogP contribution in [0.1, 0.15) is 43.5 Å². The largest absolute Gasteiger partial charge is 0.388 e. The van der Waals surface area contributed by atoms with Gasteiger partial charge in [-0.3, -0.25) is 4.98 Å². The van der Waals surface area contributed by atoms with Crippen LogP contribution in [-0.4, -0.2) is 27.2 Å². The Bertz CT molecular complexity index is 386. The molecule has 1 aliphatic rings. The average Bonchev–Trinajstić information content (AvgIpc) is 2.31. The predicted molar refractivity (Wildman–Crippen MR) is 68.0 cm³/mol. The van der Waals surface area contributed by atoms with Gasteiger partial charge in [-0.2, -0.15) is 0 Å². The average molecular weight is 235 g/mol. The minimum Gasteiger partial charge on any atom is -0.388 e. The number of hydrogen-bond acceptors (Lipinski definition) is 4. The molecule has 4 nitrogen and oxygen atoms in total. The second-order valence-corrected chi connectivity index (χ2v) is 5.08. The number of nitrogens with zero attached hydrogens (tertiary/aromatic N) is 2. The molecule has 0 radical (unpaired) electrons. The summed E-state index contributed by atoms with van der Waals surface area (Å²) < 4.78 is 0. The quantitative estimate of drug-likeness (QED) is 0.843. The van der Waals surface area contributed by atoms with Crippen LogP contribution < -0.4 is 5.32 Å². The highest BCUT2D eigenvalue weighted by molar-refractivity contribution is 5.39. The fourth-order valence-electron chi connectivity index (χ4n) is 2.34. The smallest absolute Gasteiger partial charge is 0.147 e. The van der Waals surface area contributed by atoms with Gasteiger partial charge in [0.05, 0.1) is 17.0 Å². The Kier molecular flexibility index (Phi) is 3.62. The third-order valence-corrected chi connectivity index (χ3v) is 3.45. The van der Waals surface area contributed by atoms with Crippen LogP contribution in [0.15, 0.2) is 6.20 Å². The van der Waals surface area contributed by atoms with Crippen molar-refractivity contribution in [3.8, 4) is 0 Å². The minimum atomic E-state index is -0.559. The molecule has 1 aliphatic carbocycles. The summed E-state index contributed by atoms with van der Waals surface area (Å²) in [5.74, 6) is 0.795. The van der Waals surface area contributed by atoms with Crippen LogP contribution in [0.25, 0.3) is 0 Å². The van der Waals surface area contributed by atoms with Crippen LogP contribution in [0.3, 0.4) is 0 Å². The zero-order chi connectivity index (χ0) is 12.3. The fraction of sp³-hybridized carbons (Fsp3) is 0.692. The van der Waals surface area contributed by atoms with E-state index in [1.807, 2.05) is 13.8 Å². The molecule has 1 fully saturated rings. The Labute approximate surface area is 102 Å². The van der Waals surface area contributed by atoms with Crippen molar-refractivity contribution in [1.29, 1.82) is 0 Å². The maximum absolute atomic E-state index is 10.4. The Morgan fingerprint density at radius 2 is 2.00 bits per heavy atom. The molecule has 0 aliphatic heterocycles. The van der Waals surface area contributed by atoms with Crippen molar-refractivity contribution >= 4 is 5.82 Å². The van der Waals surface area contributed by atoms with Crippen LogP contribution in [0.5, 0.6) is 0 Å². The Hall–Kier alpha value is -1.16. The molecule has 0 aromatic carbocycles. The molecular formula is C13H21N3O. The molecule has 2 N–H and O–H groups in total. The third kappa shape index (κ3) is 3.16. The van der Waals surface area contributed by atoms with Gasteiger partial charge in [0.25, 0.3) is 0 Å². The zero-order valence-electron chi connectivity index (χ0n) is 10.7. The lowest BCUT2D eigenvalue weighted by molar-refractivity contribution is 0.0166. The molecule has 0 amide bonds. The Balaban J connectivity index is 1.99. The summed E-state index contributed by atoms with van der Waals surface area (Å²) in [5, 5.41) is 13.6. The van der Waals surface area contributed by atoms with Gasteiger partial charge < -0.3 is 10.4 Å². The molecule has 1 aromatic heterocycles. The highest BCUT2D eigenvalue weighted by Crippen LogP contribution is 2.28. The van der Waals surface area contributed by atoms with E-state index in [9.17, 15) is 5.11 Å². The lowest BCUT2D eigenvalue weighted by atomic mass is 9.85. The molecule has 4 heteroatoms. The van der Waals surface area contributed by atoms with E-state index >= 15 is 0 Å². The first-order valence-corrected chi connectivity index (χ1v) is 6.36. The van der Waals surface area contributed by atoms with Crippen molar-refractivity contribution in [3.63, 3.8) is 0 Å². The lowest BCUT2D eigenvalue weighted by Gasteiger charge is -2.32. The topological polar surface area (TPSA) is 58.0 Å².